The summed E-state index contributed by atoms with van der Waals surface area (Å²) in [7, 11) is 1.98. The first-order valence-corrected chi connectivity index (χ1v) is 7.56. The Morgan fingerprint density at radius 3 is 2.72 bits per heavy atom. The molecule has 2 rings (SSSR count). The quantitative estimate of drug-likeness (QED) is 0.937. The van der Waals surface area contributed by atoms with E-state index in [-0.39, 0.29) is 11.5 Å². The van der Waals surface area contributed by atoms with Crippen molar-refractivity contribution in [2.24, 2.45) is 0 Å². The normalized spacial score (nSPS) is 13.8. The Bertz CT molecular complexity index is 484. The van der Waals surface area contributed by atoms with E-state index in [1.807, 2.05) is 18.6 Å². The molecule has 2 aromatic rings. The van der Waals surface area contributed by atoms with Crippen molar-refractivity contribution in [2.75, 3.05) is 7.05 Å². The molecule has 0 aliphatic rings. The van der Waals surface area contributed by atoms with E-state index in [4.69, 9.17) is 0 Å². The summed E-state index contributed by atoms with van der Waals surface area (Å²) in [5.74, 6) is 0. The van der Waals surface area contributed by atoms with Gasteiger partial charge in [0.15, 0.2) is 0 Å². The van der Waals surface area contributed by atoms with Gasteiger partial charge in [-0.3, -0.25) is 0 Å². The fourth-order valence-corrected chi connectivity index (χ4v) is 3.44. The van der Waals surface area contributed by atoms with Crippen LogP contribution >= 0.6 is 22.9 Å². The maximum Gasteiger partial charge on any atom is 0.0944 e. The molecule has 98 valence electrons. The van der Waals surface area contributed by atoms with Crippen LogP contribution in [0.25, 0.3) is 0 Å². The van der Waals surface area contributed by atoms with Gasteiger partial charge in [0.25, 0.3) is 0 Å². The van der Waals surface area contributed by atoms with Crippen LogP contribution in [-0.2, 0) is 11.8 Å². The summed E-state index contributed by atoms with van der Waals surface area (Å²) in [6.07, 6.45) is 2.74. The van der Waals surface area contributed by atoms with Crippen LogP contribution in [0.2, 0.25) is 0 Å². The molecule has 0 fully saturated rings. The van der Waals surface area contributed by atoms with Gasteiger partial charge in [-0.1, -0.05) is 25.3 Å². The summed E-state index contributed by atoms with van der Waals surface area (Å²) >= 11 is 3.17. The molecule has 1 N–H and O–H groups in total. The largest absolute Gasteiger partial charge is 0.312 e. The second-order valence-electron chi connectivity index (χ2n) is 5.21. The number of rotatable bonds is 4. The van der Waals surface area contributed by atoms with E-state index in [0.29, 0.717) is 0 Å². The highest BCUT2D eigenvalue weighted by Gasteiger charge is 2.27. The van der Waals surface area contributed by atoms with Crippen LogP contribution in [-0.4, -0.2) is 21.6 Å². The SMILES string of the molecule is CNC(Cc1nccs1)c1snnc1C(C)(C)C. The highest BCUT2D eigenvalue weighted by molar-refractivity contribution is 7.09. The zero-order valence-electron chi connectivity index (χ0n) is 11.1. The molecule has 18 heavy (non-hydrogen) atoms. The lowest BCUT2D eigenvalue weighted by atomic mass is 9.89. The van der Waals surface area contributed by atoms with Crippen LogP contribution in [0.15, 0.2) is 11.6 Å². The van der Waals surface area contributed by atoms with Crippen molar-refractivity contribution in [1.29, 1.82) is 0 Å². The van der Waals surface area contributed by atoms with Crippen LogP contribution < -0.4 is 5.32 Å². The third kappa shape index (κ3) is 2.93. The van der Waals surface area contributed by atoms with Crippen molar-refractivity contribution in [2.45, 2.75) is 38.6 Å². The summed E-state index contributed by atoms with van der Waals surface area (Å²) in [6.45, 7) is 6.51. The fraction of sp³-hybridized carbons (Fsp3) is 0.583. The fourth-order valence-electron chi connectivity index (χ4n) is 1.80. The van der Waals surface area contributed by atoms with E-state index in [1.54, 1.807) is 11.3 Å². The topological polar surface area (TPSA) is 50.7 Å². The maximum absolute atomic E-state index is 4.35. The molecule has 0 spiro atoms. The summed E-state index contributed by atoms with van der Waals surface area (Å²) < 4.78 is 4.12. The summed E-state index contributed by atoms with van der Waals surface area (Å²) in [5, 5.41) is 10.8. The lowest BCUT2D eigenvalue weighted by molar-refractivity contribution is 0.530. The Labute approximate surface area is 116 Å². The van der Waals surface area contributed by atoms with Gasteiger partial charge >= 0.3 is 0 Å². The zero-order valence-corrected chi connectivity index (χ0v) is 12.7. The molecule has 0 aromatic carbocycles. The molecule has 0 saturated heterocycles. The van der Waals surface area contributed by atoms with Gasteiger partial charge in [-0.25, -0.2) is 4.98 Å². The first kappa shape index (κ1) is 13.6. The van der Waals surface area contributed by atoms with Crippen molar-refractivity contribution in [3.8, 4) is 0 Å². The van der Waals surface area contributed by atoms with Gasteiger partial charge in [-0.2, -0.15) is 0 Å². The molecule has 0 saturated carbocycles. The standard InChI is InChI=1S/C12H18N4S2/c1-12(2,3)11-10(18-16-15-11)8(13-4)7-9-14-5-6-17-9/h5-6,8,13H,7H2,1-4H3. The Balaban J connectivity index is 2.25. The van der Waals surface area contributed by atoms with E-state index in [2.05, 4.69) is 40.7 Å². The molecule has 0 aliphatic heterocycles. The van der Waals surface area contributed by atoms with Crippen LogP contribution in [0.5, 0.6) is 0 Å². The lowest BCUT2D eigenvalue weighted by Crippen LogP contribution is -2.23. The molecule has 1 atom stereocenters. The minimum atomic E-state index is 0.0281. The predicted molar refractivity (Wildman–Crippen MR) is 76.2 cm³/mol. The van der Waals surface area contributed by atoms with Crippen LogP contribution in [0.4, 0.5) is 0 Å². The van der Waals surface area contributed by atoms with Gasteiger partial charge in [-0.05, 0) is 18.6 Å². The number of aromatic nitrogens is 3. The average Bonchev–Trinajstić information content (AvgIpc) is 2.95. The number of hydrogen-bond acceptors (Lipinski definition) is 6. The van der Waals surface area contributed by atoms with Crippen molar-refractivity contribution in [1.82, 2.24) is 19.9 Å². The van der Waals surface area contributed by atoms with Crippen molar-refractivity contribution < 1.29 is 0 Å². The second-order valence-corrected chi connectivity index (χ2v) is 6.97. The highest BCUT2D eigenvalue weighted by atomic mass is 32.1. The Morgan fingerprint density at radius 2 is 2.17 bits per heavy atom. The van der Waals surface area contributed by atoms with Crippen molar-refractivity contribution >= 4 is 22.9 Å². The minimum Gasteiger partial charge on any atom is -0.312 e. The summed E-state index contributed by atoms with van der Waals surface area (Å²) in [5.41, 5.74) is 1.11. The van der Waals surface area contributed by atoms with Crippen LogP contribution in [0.1, 0.15) is 42.4 Å². The first-order valence-electron chi connectivity index (χ1n) is 5.90. The maximum atomic E-state index is 4.35. The smallest absolute Gasteiger partial charge is 0.0944 e. The molecule has 0 aliphatic carbocycles. The number of hydrogen-bond donors (Lipinski definition) is 1. The van der Waals surface area contributed by atoms with Crippen LogP contribution in [0.3, 0.4) is 0 Å². The Kier molecular flexibility index (Phi) is 4.09. The summed E-state index contributed by atoms with van der Waals surface area (Å²) in [6, 6.07) is 0.241. The molecule has 0 bridgehead atoms. The molecule has 2 aromatic heterocycles. The van der Waals surface area contributed by atoms with Crippen LogP contribution in [0, 0.1) is 0 Å². The van der Waals surface area contributed by atoms with E-state index in [0.717, 1.165) is 17.1 Å². The number of thiazole rings is 1. The van der Waals surface area contributed by atoms with E-state index in [9.17, 15) is 0 Å². The minimum absolute atomic E-state index is 0.0281. The Morgan fingerprint density at radius 1 is 1.39 bits per heavy atom. The number of nitrogens with one attached hydrogen (secondary N) is 1. The summed E-state index contributed by atoms with van der Waals surface area (Å²) in [4.78, 5) is 5.57. The third-order valence-electron chi connectivity index (χ3n) is 2.75. The molecular formula is C12H18N4S2. The molecule has 6 heteroatoms. The van der Waals surface area contributed by atoms with Gasteiger partial charge in [0.2, 0.25) is 0 Å². The number of likely N-dealkylation sites (N-methyl/N-ethyl adjacent to an activating group) is 1. The third-order valence-corrected chi connectivity index (χ3v) is 4.39. The molecule has 0 amide bonds. The van der Waals surface area contributed by atoms with Gasteiger partial charge in [0.05, 0.1) is 21.6 Å². The van der Waals surface area contributed by atoms with Gasteiger partial charge in [0.1, 0.15) is 0 Å². The highest BCUT2D eigenvalue weighted by Crippen LogP contribution is 2.31. The average molecular weight is 282 g/mol. The molecular weight excluding hydrogens is 264 g/mol. The Hall–Kier alpha value is -0.850. The first-order chi connectivity index (χ1) is 8.52. The van der Waals surface area contributed by atoms with Crippen molar-refractivity contribution in [3.63, 3.8) is 0 Å². The number of nitrogens with zero attached hydrogens (tertiary/aromatic N) is 3. The molecule has 1 unspecified atom stereocenters. The van der Waals surface area contributed by atoms with Gasteiger partial charge in [-0.15, -0.1) is 16.4 Å². The predicted octanol–water partition coefficient (Wildman–Crippen LogP) is 2.80. The zero-order chi connectivity index (χ0) is 13.2. The molecule has 0 radical (unpaired) electrons. The van der Waals surface area contributed by atoms with E-state index in [1.165, 1.54) is 16.4 Å². The van der Waals surface area contributed by atoms with Crippen molar-refractivity contribution in [3.05, 3.63) is 27.2 Å². The lowest BCUT2D eigenvalue weighted by Gasteiger charge is -2.20. The molecule has 4 nitrogen and oxygen atoms in total. The van der Waals surface area contributed by atoms with Gasteiger partial charge < -0.3 is 5.32 Å². The molecule has 2 heterocycles. The second kappa shape index (κ2) is 5.42. The van der Waals surface area contributed by atoms with E-state index >= 15 is 0 Å². The van der Waals surface area contributed by atoms with E-state index < -0.39 is 0 Å². The monoisotopic (exact) mass is 282 g/mol. The van der Waals surface area contributed by atoms with Gasteiger partial charge in [0, 0.05) is 23.4 Å².